The summed E-state index contributed by atoms with van der Waals surface area (Å²) in [6.07, 6.45) is -12.0. The highest BCUT2D eigenvalue weighted by molar-refractivity contribution is 6.08. The maximum atomic E-state index is 14.7. The first kappa shape index (κ1) is 46.4. The molecule has 2 aliphatic rings. The third-order valence-corrected chi connectivity index (χ3v) is 10.2. The first-order valence-electron chi connectivity index (χ1n) is 18.6. The van der Waals surface area contributed by atoms with Gasteiger partial charge in [0.05, 0.1) is 22.3 Å². The molecule has 0 aromatic heterocycles. The average molecular weight is 955 g/mol. The number of ether oxygens (including phenoxy) is 6. The lowest BCUT2D eigenvalue weighted by atomic mass is 9.91. The van der Waals surface area contributed by atoms with Crippen LogP contribution in [0.3, 0.4) is 0 Å². The number of aromatic carboxylic acids is 1. The largest absolute Gasteiger partial charge is 0.504 e. The summed E-state index contributed by atoms with van der Waals surface area (Å²) in [5.41, 5.74) is -7.27. The molecule has 1 saturated heterocycles. The Morgan fingerprint density at radius 2 is 0.985 bits per heavy atom. The Morgan fingerprint density at radius 3 is 1.51 bits per heavy atom. The Kier molecular flexibility index (Phi) is 11.6. The molecule has 27 nitrogen and oxygen atoms in total. The number of aromatic hydroxyl groups is 14. The van der Waals surface area contributed by atoms with Crippen molar-refractivity contribution in [3.8, 4) is 103 Å². The molecule has 7 rings (SSSR count). The van der Waals surface area contributed by atoms with E-state index >= 15 is 0 Å². The molecule has 0 bridgehead atoms. The topological polar surface area (TPSA) is 464 Å². The lowest BCUT2D eigenvalue weighted by Gasteiger charge is -2.42. The van der Waals surface area contributed by atoms with Crippen LogP contribution in [0.15, 0.2) is 42.5 Å². The molecule has 27 heteroatoms. The Bertz CT molecular complexity index is 2950. The van der Waals surface area contributed by atoms with E-state index < -0.39 is 198 Å². The Labute approximate surface area is 374 Å². The number of carboxylic acids is 1. The fourth-order valence-electron chi connectivity index (χ4n) is 6.87. The van der Waals surface area contributed by atoms with Gasteiger partial charge >= 0.3 is 29.8 Å². The van der Waals surface area contributed by atoms with Gasteiger partial charge in [-0.15, -0.1) is 0 Å². The smallest absolute Gasteiger partial charge is 0.339 e. The lowest BCUT2D eigenvalue weighted by molar-refractivity contribution is -0.284. The number of fused-ring (bicyclic) bond motifs is 4. The van der Waals surface area contributed by atoms with Gasteiger partial charge in [0, 0.05) is 23.3 Å². The lowest BCUT2D eigenvalue weighted by Crippen LogP contribution is -2.62. The molecule has 5 unspecified atom stereocenters. The van der Waals surface area contributed by atoms with Crippen LogP contribution < -0.4 is 4.74 Å². The molecule has 5 aromatic rings. The number of aliphatic hydroxyl groups excluding tert-OH is 1. The van der Waals surface area contributed by atoms with E-state index in [1.165, 1.54) is 0 Å². The monoisotopic (exact) mass is 954 g/mol. The van der Waals surface area contributed by atoms with E-state index in [-0.39, 0.29) is 0 Å². The van der Waals surface area contributed by atoms with Crippen molar-refractivity contribution in [3.63, 3.8) is 0 Å². The summed E-state index contributed by atoms with van der Waals surface area (Å²) in [6, 6.07) is 3.39. The SMILES string of the molecule is O=C(OC1C(O)OC2COC(=O)c3cc(O)c(O)c(O)c3-c3c(cc(Oc4c(C(=O)O)cc(O)c(O)c4O)c(O)c3O)C(=O)OC2C1OC(=O)c1cc(O)c(O)c(O)c1)c1cc(O)c(O)c(O)c1. The minimum atomic E-state index is -2.54. The number of carbonyl (C=O) groups excluding carboxylic acids is 4. The van der Waals surface area contributed by atoms with Gasteiger partial charge in [0.1, 0.15) is 18.3 Å². The summed E-state index contributed by atoms with van der Waals surface area (Å²) in [6.45, 7) is -1.21. The van der Waals surface area contributed by atoms with E-state index in [4.69, 9.17) is 28.4 Å². The third kappa shape index (κ3) is 7.96. The van der Waals surface area contributed by atoms with E-state index in [2.05, 4.69) is 0 Å². The fraction of sp³-hybridized carbons (Fsp3) is 0.146. The fourth-order valence-corrected chi connectivity index (χ4v) is 6.87. The molecule has 68 heavy (non-hydrogen) atoms. The molecule has 5 aromatic carbocycles. The number of phenols is 14. The molecule has 0 spiro atoms. The van der Waals surface area contributed by atoms with Crippen LogP contribution in [-0.2, 0) is 23.7 Å². The highest BCUT2D eigenvalue weighted by Gasteiger charge is 2.53. The number of esters is 4. The van der Waals surface area contributed by atoms with Crippen molar-refractivity contribution in [1.29, 1.82) is 0 Å². The Morgan fingerprint density at radius 1 is 0.529 bits per heavy atom. The first-order valence-corrected chi connectivity index (χ1v) is 18.6. The molecule has 0 amide bonds. The van der Waals surface area contributed by atoms with Gasteiger partial charge in [0.25, 0.3) is 0 Å². The van der Waals surface area contributed by atoms with Gasteiger partial charge in [-0.2, -0.15) is 0 Å². The van der Waals surface area contributed by atoms with Crippen LogP contribution in [0.25, 0.3) is 11.1 Å². The van der Waals surface area contributed by atoms with Crippen LogP contribution in [0.4, 0.5) is 0 Å². The van der Waals surface area contributed by atoms with Crippen molar-refractivity contribution < 1.29 is 134 Å². The number of rotatable bonds is 7. The number of carbonyl (C=O) groups is 5. The summed E-state index contributed by atoms with van der Waals surface area (Å²) in [7, 11) is 0. The number of phenolic OH excluding ortho intramolecular Hbond substituents is 14. The van der Waals surface area contributed by atoms with Crippen LogP contribution in [0.5, 0.6) is 92.0 Å². The van der Waals surface area contributed by atoms with Crippen molar-refractivity contribution in [1.82, 2.24) is 0 Å². The standard InChI is InChI=1S/C41H30O27/c42-14-1-9(2-15(43)24(14)48)37(58)67-34-33-21(65-41(62)35(34)68-38(59)10-3-16(44)25(49)17(45)4-10)8-63-39(60)11-5-18(46)26(50)29(53)22(11)23-12(40(61)66-33)7-20(28(52)30(23)54)64-32-13(36(56)57)6-19(47)27(51)31(32)55/h1-7,21,33-35,41-55,62H,8H2,(H,56,57). The zero-order valence-electron chi connectivity index (χ0n) is 33.3. The van der Waals surface area contributed by atoms with Gasteiger partial charge in [0.2, 0.25) is 23.0 Å². The van der Waals surface area contributed by atoms with Crippen molar-refractivity contribution in [2.45, 2.75) is 30.7 Å². The molecule has 0 aliphatic carbocycles. The third-order valence-electron chi connectivity index (χ3n) is 10.2. The van der Waals surface area contributed by atoms with E-state index in [1.807, 2.05) is 0 Å². The number of aliphatic hydroxyl groups is 1. The molecule has 2 aliphatic heterocycles. The molecule has 16 N–H and O–H groups in total. The molecule has 0 saturated carbocycles. The molecule has 1 fully saturated rings. The van der Waals surface area contributed by atoms with Crippen LogP contribution in [0, 0.1) is 0 Å². The first-order chi connectivity index (χ1) is 31.9. The quantitative estimate of drug-likeness (QED) is 0.0625. The van der Waals surface area contributed by atoms with E-state index in [0.29, 0.717) is 42.5 Å². The second-order valence-corrected chi connectivity index (χ2v) is 14.4. The van der Waals surface area contributed by atoms with Gasteiger partial charge in [-0.05, 0) is 30.3 Å². The van der Waals surface area contributed by atoms with Crippen molar-refractivity contribution in [3.05, 3.63) is 70.3 Å². The molecule has 356 valence electrons. The Hall–Kier alpha value is -9.63. The highest BCUT2D eigenvalue weighted by Crippen LogP contribution is 2.55. The van der Waals surface area contributed by atoms with Crippen LogP contribution >= 0.6 is 0 Å². The van der Waals surface area contributed by atoms with Crippen molar-refractivity contribution in [2.75, 3.05) is 6.61 Å². The summed E-state index contributed by atoms with van der Waals surface area (Å²) < 4.78 is 32.6. The zero-order valence-corrected chi connectivity index (χ0v) is 33.3. The summed E-state index contributed by atoms with van der Waals surface area (Å²) in [5, 5.41) is 167. The number of carboxylic acid groups (broad SMARTS) is 1. The minimum Gasteiger partial charge on any atom is -0.504 e. The molecule has 5 atom stereocenters. The maximum absolute atomic E-state index is 14.7. The Balaban J connectivity index is 1.44. The second-order valence-electron chi connectivity index (χ2n) is 14.4. The van der Waals surface area contributed by atoms with Gasteiger partial charge in [-0.1, -0.05) is 0 Å². The van der Waals surface area contributed by atoms with Gasteiger partial charge in [0.15, 0.2) is 93.6 Å². The second kappa shape index (κ2) is 17.1. The zero-order chi connectivity index (χ0) is 50.0. The minimum absolute atomic E-state index is 0.369. The van der Waals surface area contributed by atoms with E-state index in [9.17, 15) is 106 Å². The predicted molar refractivity (Wildman–Crippen MR) is 210 cm³/mol. The normalized spacial score (nSPS) is 18.9. The summed E-state index contributed by atoms with van der Waals surface area (Å²) in [4.78, 5) is 67.8. The molecule has 0 radical (unpaired) electrons. The average Bonchev–Trinajstić information content (AvgIpc) is 3.29. The predicted octanol–water partition coefficient (Wildman–Crippen LogP) is 1.59. The van der Waals surface area contributed by atoms with E-state index in [0.717, 1.165) is 0 Å². The van der Waals surface area contributed by atoms with Gasteiger partial charge in [-0.25, -0.2) is 24.0 Å². The molecular formula is C41H30O27. The van der Waals surface area contributed by atoms with Crippen molar-refractivity contribution in [2.24, 2.45) is 0 Å². The van der Waals surface area contributed by atoms with Crippen LogP contribution in [-0.4, -0.2) is 149 Å². The van der Waals surface area contributed by atoms with E-state index in [1.54, 1.807) is 0 Å². The molecule has 2 heterocycles. The van der Waals surface area contributed by atoms with Crippen LogP contribution in [0.1, 0.15) is 51.8 Å². The number of hydrogen-bond acceptors (Lipinski definition) is 26. The van der Waals surface area contributed by atoms with Gasteiger partial charge < -0.3 is 110 Å². The summed E-state index contributed by atoms with van der Waals surface area (Å²) >= 11 is 0. The molecular weight excluding hydrogens is 924 g/mol. The van der Waals surface area contributed by atoms with Crippen LogP contribution in [0.2, 0.25) is 0 Å². The summed E-state index contributed by atoms with van der Waals surface area (Å²) in [5.74, 6) is -29.2. The highest BCUT2D eigenvalue weighted by atomic mass is 16.7. The number of cyclic esters (lactones) is 1. The number of benzene rings is 5. The number of hydrogen-bond donors (Lipinski definition) is 16. The maximum Gasteiger partial charge on any atom is 0.339 e. The van der Waals surface area contributed by atoms with Gasteiger partial charge in [-0.3, -0.25) is 0 Å². The van der Waals surface area contributed by atoms with Crippen molar-refractivity contribution >= 4 is 29.8 Å².